The van der Waals surface area contributed by atoms with Crippen molar-refractivity contribution in [2.75, 3.05) is 18.0 Å². The summed E-state index contributed by atoms with van der Waals surface area (Å²) in [5.74, 6) is 0.553. The fourth-order valence-corrected chi connectivity index (χ4v) is 3.77. The normalized spacial score (nSPS) is 16.2. The number of benzene rings is 1. The van der Waals surface area contributed by atoms with Crippen LogP contribution >= 0.6 is 0 Å². The average molecular weight is 359 g/mol. The zero-order valence-corrected chi connectivity index (χ0v) is 15.7. The molecular weight excluding hydrogens is 329 g/mol. The van der Waals surface area contributed by atoms with E-state index in [9.17, 15) is 4.39 Å². The minimum Gasteiger partial charge on any atom is -0.356 e. The smallest absolute Gasteiger partial charge is 0.135 e. The Morgan fingerprint density at radius 2 is 1.88 bits per heavy atom. The van der Waals surface area contributed by atoms with Crippen LogP contribution in [-0.4, -0.2) is 30.2 Å². The van der Waals surface area contributed by atoms with Gasteiger partial charge in [0.1, 0.15) is 11.6 Å². The number of nitrogens with zero attached hydrogens (tertiary/aromatic N) is 2. The molecule has 0 bridgehead atoms. The van der Waals surface area contributed by atoms with E-state index in [1.807, 2.05) is 6.07 Å². The Balaban J connectivity index is 1.80. The Morgan fingerprint density at radius 1 is 1.19 bits per heavy atom. The van der Waals surface area contributed by atoms with Crippen LogP contribution in [0.15, 0.2) is 24.3 Å². The summed E-state index contributed by atoms with van der Waals surface area (Å²) in [5, 5.41) is 4.49. The standard InChI is InChI=1S/C20H30FN5/c1-3-15(4-2)24-16-7-9-26(10-8-16)20-17(19(22)23)12-13-11-14(21)5-6-18(13)25-20/h5-6,11-12,15-16,19,24H,3-4,7-10,22-23H2,1-2H3. The molecule has 1 saturated heterocycles. The minimum absolute atomic E-state index is 0.281. The summed E-state index contributed by atoms with van der Waals surface area (Å²) < 4.78 is 13.5. The first-order valence-corrected chi connectivity index (χ1v) is 9.64. The lowest BCUT2D eigenvalue weighted by Gasteiger charge is -2.36. The van der Waals surface area contributed by atoms with E-state index in [0.29, 0.717) is 12.1 Å². The molecule has 0 atom stereocenters. The second-order valence-electron chi connectivity index (χ2n) is 7.21. The summed E-state index contributed by atoms with van der Waals surface area (Å²) in [7, 11) is 0. The highest BCUT2D eigenvalue weighted by molar-refractivity contribution is 5.82. The van der Waals surface area contributed by atoms with Crippen LogP contribution in [0.3, 0.4) is 0 Å². The second kappa shape index (κ2) is 8.29. The maximum atomic E-state index is 13.5. The van der Waals surface area contributed by atoms with Gasteiger partial charge in [-0.05, 0) is 49.9 Å². The molecule has 0 aliphatic carbocycles. The Hall–Kier alpha value is -1.76. The summed E-state index contributed by atoms with van der Waals surface area (Å²) in [6, 6.07) is 7.63. The molecule has 0 radical (unpaired) electrons. The molecule has 1 fully saturated rings. The average Bonchev–Trinajstić information content (AvgIpc) is 2.65. The van der Waals surface area contributed by atoms with E-state index >= 15 is 0 Å². The molecule has 2 heterocycles. The molecule has 6 heteroatoms. The van der Waals surface area contributed by atoms with E-state index in [1.54, 1.807) is 6.07 Å². The molecule has 0 unspecified atom stereocenters. The number of anilines is 1. The zero-order chi connectivity index (χ0) is 18.7. The molecule has 1 aliphatic heterocycles. The summed E-state index contributed by atoms with van der Waals surface area (Å²) >= 11 is 0. The molecule has 0 amide bonds. The highest BCUT2D eigenvalue weighted by Crippen LogP contribution is 2.28. The van der Waals surface area contributed by atoms with Crippen LogP contribution in [0.4, 0.5) is 10.2 Å². The van der Waals surface area contributed by atoms with Crippen molar-refractivity contribution in [1.82, 2.24) is 10.3 Å². The summed E-state index contributed by atoms with van der Waals surface area (Å²) in [4.78, 5) is 7.02. The van der Waals surface area contributed by atoms with Crippen LogP contribution in [0.25, 0.3) is 10.9 Å². The molecule has 2 aromatic rings. The van der Waals surface area contributed by atoms with Gasteiger partial charge in [-0.3, -0.25) is 0 Å². The van der Waals surface area contributed by atoms with Crippen molar-refractivity contribution >= 4 is 16.7 Å². The Bertz CT molecular complexity index is 736. The fraction of sp³-hybridized carbons (Fsp3) is 0.550. The van der Waals surface area contributed by atoms with Crippen molar-refractivity contribution in [3.63, 3.8) is 0 Å². The van der Waals surface area contributed by atoms with Crippen LogP contribution in [0.5, 0.6) is 0 Å². The van der Waals surface area contributed by atoms with Gasteiger partial charge in [0, 0.05) is 36.1 Å². The Kier molecular flexibility index (Phi) is 6.06. The van der Waals surface area contributed by atoms with E-state index in [-0.39, 0.29) is 5.82 Å². The molecule has 5 nitrogen and oxygen atoms in total. The molecule has 5 N–H and O–H groups in total. The first-order chi connectivity index (χ1) is 12.5. The van der Waals surface area contributed by atoms with Crippen molar-refractivity contribution in [1.29, 1.82) is 0 Å². The molecule has 3 rings (SSSR count). The highest BCUT2D eigenvalue weighted by Gasteiger charge is 2.24. The number of aromatic nitrogens is 1. The number of nitrogens with two attached hydrogens (primary N) is 2. The molecular formula is C20H30FN5. The van der Waals surface area contributed by atoms with Crippen LogP contribution in [0.1, 0.15) is 51.3 Å². The van der Waals surface area contributed by atoms with Gasteiger partial charge in [0.15, 0.2) is 0 Å². The number of rotatable bonds is 6. The monoisotopic (exact) mass is 359 g/mol. The summed E-state index contributed by atoms with van der Waals surface area (Å²) in [6.07, 6.45) is 3.82. The number of hydrogen-bond donors (Lipinski definition) is 3. The topological polar surface area (TPSA) is 80.2 Å². The molecule has 1 aliphatic rings. The van der Waals surface area contributed by atoms with Gasteiger partial charge in [-0.15, -0.1) is 0 Å². The van der Waals surface area contributed by atoms with E-state index in [2.05, 4.69) is 24.1 Å². The van der Waals surface area contributed by atoms with Crippen LogP contribution in [-0.2, 0) is 0 Å². The Morgan fingerprint density at radius 3 is 2.50 bits per heavy atom. The highest BCUT2D eigenvalue weighted by atomic mass is 19.1. The van der Waals surface area contributed by atoms with Gasteiger partial charge in [-0.1, -0.05) is 13.8 Å². The first kappa shape index (κ1) is 19.0. The molecule has 1 aromatic heterocycles. The van der Waals surface area contributed by atoms with Gasteiger partial charge in [0.25, 0.3) is 0 Å². The summed E-state index contributed by atoms with van der Waals surface area (Å²) in [5.41, 5.74) is 13.5. The van der Waals surface area contributed by atoms with Crippen molar-refractivity contribution < 1.29 is 4.39 Å². The second-order valence-corrected chi connectivity index (χ2v) is 7.21. The predicted molar refractivity (Wildman–Crippen MR) is 106 cm³/mol. The van der Waals surface area contributed by atoms with Crippen molar-refractivity contribution in [3.05, 3.63) is 35.6 Å². The maximum Gasteiger partial charge on any atom is 0.135 e. The number of nitrogens with one attached hydrogen (secondary N) is 1. The van der Waals surface area contributed by atoms with Gasteiger partial charge in [0.05, 0.1) is 11.7 Å². The van der Waals surface area contributed by atoms with E-state index in [4.69, 9.17) is 16.5 Å². The van der Waals surface area contributed by atoms with Gasteiger partial charge in [-0.2, -0.15) is 0 Å². The predicted octanol–water partition coefficient (Wildman–Crippen LogP) is 3.04. The quantitative estimate of drug-likeness (QED) is 0.691. The third-order valence-corrected chi connectivity index (χ3v) is 5.40. The lowest BCUT2D eigenvalue weighted by atomic mass is 10.0. The molecule has 0 saturated carbocycles. The van der Waals surface area contributed by atoms with Crippen molar-refractivity contribution in [2.24, 2.45) is 11.5 Å². The van der Waals surface area contributed by atoms with Gasteiger partial charge >= 0.3 is 0 Å². The lowest BCUT2D eigenvalue weighted by molar-refractivity contribution is 0.353. The third kappa shape index (κ3) is 4.14. The number of hydrogen-bond acceptors (Lipinski definition) is 5. The van der Waals surface area contributed by atoms with Crippen molar-refractivity contribution in [3.8, 4) is 0 Å². The number of pyridine rings is 1. The van der Waals surface area contributed by atoms with E-state index < -0.39 is 6.17 Å². The van der Waals surface area contributed by atoms with Gasteiger partial charge in [0.2, 0.25) is 0 Å². The van der Waals surface area contributed by atoms with Crippen LogP contribution < -0.4 is 21.7 Å². The first-order valence-electron chi connectivity index (χ1n) is 9.64. The molecule has 0 spiro atoms. The van der Waals surface area contributed by atoms with Gasteiger partial charge in [-0.25, -0.2) is 9.37 Å². The largest absolute Gasteiger partial charge is 0.356 e. The van der Waals surface area contributed by atoms with E-state index in [0.717, 1.165) is 61.1 Å². The van der Waals surface area contributed by atoms with Crippen LogP contribution in [0.2, 0.25) is 0 Å². The minimum atomic E-state index is -0.634. The Labute approximate surface area is 154 Å². The molecule has 1 aromatic carbocycles. The molecule has 142 valence electrons. The van der Waals surface area contributed by atoms with Crippen molar-refractivity contribution in [2.45, 2.75) is 57.8 Å². The van der Waals surface area contributed by atoms with Gasteiger partial charge < -0.3 is 21.7 Å². The van der Waals surface area contributed by atoms with Crippen LogP contribution in [0, 0.1) is 5.82 Å². The SMILES string of the molecule is CCC(CC)NC1CCN(c2nc3ccc(F)cc3cc2C(N)N)CC1. The summed E-state index contributed by atoms with van der Waals surface area (Å²) in [6.45, 7) is 6.29. The number of fused-ring (bicyclic) bond motifs is 1. The third-order valence-electron chi connectivity index (χ3n) is 5.40. The zero-order valence-electron chi connectivity index (χ0n) is 15.7. The van der Waals surface area contributed by atoms with E-state index in [1.165, 1.54) is 12.1 Å². The number of halogens is 1. The number of piperidine rings is 1. The lowest BCUT2D eigenvalue weighted by Crippen LogP contribution is -2.46. The maximum absolute atomic E-state index is 13.5. The molecule has 26 heavy (non-hydrogen) atoms. The fourth-order valence-electron chi connectivity index (χ4n) is 3.77.